The maximum Gasteiger partial charge on any atom is 0.514 e. The summed E-state index contributed by atoms with van der Waals surface area (Å²) < 4.78 is 31.6. The van der Waals surface area contributed by atoms with Crippen LogP contribution >= 0.6 is 0 Å². The van der Waals surface area contributed by atoms with E-state index in [-0.39, 0.29) is 36.9 Å². The molecule has 0 bridgehead atoms. The van der Waals surface area contributed by atoms with E-state index in [1.165, 1.54) is 25.1 Å². The fraction of sp³-hybridized carbons (Fsp3) is 0.667. The van der Waals surface area contributed by atoms with Crippen LogP contribution in [0.15, 0.2) is 18.2 Å². The fourth-order valence-corrected chi connectivity index (χ4v) is 3.32. The molecule has 12 nitrogen and oxygen atoms in total. The van der Waals surface area contributed by atoms with Crippen molar-refractivity contribution >= 4 is 24.4 Å². The van der Waals surface area contributed by atoms with E-state index >= 15 is 0 Å². The SMILES string of the molecule is CCC(C)COC(=O)O[C@@H](C)CC(N)(Cc1ccc(OC(=O)OC(C)(C)CC)c(OC(=O)OC(C)(C)CC)c1)C(=O)O. The lowest BCUT2D eigenvalue weighted by molar-refractivity contribution is -0.144. The van der Waals surface area contributed by atoms with Gasteiger partial charge in [0.1, 0.15) is 22.8 Å². The molecule has 0 aliphatic carbocycles. The fourth-order valence-electron chi connectivity index (χ4n) is 3.32. The van der Waals surface area contributed by atoms with E-state index in [1.54, 1.807) is 27.7 Å². The van der Waals surface area contributed by atoms with Gasteiger partial charge in [-0.25, -0.2) is 14.4 Å². The molecule has 0 amide bonds. The molecule has 0 aliphatic rings. The van der Waals surface area contributed by atoms with Gasteiger partial charge in [-0.1, -0.05) is 40.2 Å². The van der Waals surface area contributed by atoms with Gasteiger partial charge in [-0.15, -0.1) is 0 Å². The van der Waals surface area contributed by atoms with Crippen LogP contribution in [0.1, 0.15) is 93.6 Å². The first kappa shape index (κ1) is 36.5. The molecular formula is C30H47NO11. The normalized spacial score (nSPS) is 14.5. The lowest BCUT2D eigenvalue weighted by Gasteiger charge is -2.28. The summed E-state index contributed by atoms with van der Waals surface area (Å²) in [6.45, 7) is 16.0. The van der Waals surface area contributed by atoms with Gasteiger partial charge in [0, 0.05) is 12.8 Å². The van der Waals surface area contributed by atoms with Gasteiger partial charge in [-0.05, 0) is 71.1 Å². The van der Waals surface area contributed by atoms with Crippen LogP contribution in [0.5, 0.6) is 11.5 Å². The number of rotatable bonds is 15. The zero-order chi connectivity index (χ0) is 32.3. The summed E-state index contributed by atoms with van der Waals surface area (Å²) in [5.74, 6) is -1.56. The van der Waals surface area contributed by atoms with Crippen molar-refractivity contribution in [2.45, 2.75) is 117 Å². The molecule has 0 aromatic heterocycles. The van der Waals surface area contributed by atoms with Gasteiger partial charge < -0.3 is 39.3 Å². The smallest absolute Gasteiger partial charge is 0.480 e. The van der Waals surface area contributed by atoms with Crippen molar-refractivity contribution in [2.24, 2.45) is 11.7 Å². The second kappa shape index (κ2) is 15.6. The Kier molecular flexibility index (Phi) is 13.6. The molecule has 12 heteroatoms. The number of ether oxygens (including phenoxy) is 6. The second-order valence-electron chi connectivity index (χ2n) is 11.8. The average Bonchev–Trinajstić information content (AvgIpc) is 2.87. The highest BCUT2D eigenvalue weighted by atomic mass is 16.8. The number of carbonyl (C=O) groups excluding carboxylic acids is 3. The lowest BCUT2D eigenvalue weighted by atomic mass is 9.86. The van der Waals surface area contributed by atoms with Crippen molar-refractivity contribution in [3.05, 3.63) is 23.8 Å². The van der Waals surface area contributed by atoms with Crippen LogP contribution in [0.2, 0.25) is 0 Å². The Hall–Kier alpha value is -3.54. The highest BCUT2D eigenvalue weighted by Crippen LogP contribution is 2.32. The molecule has 0 radical (unpaired) electrons. The van der Waals surface area contributed by atoms with Crippen molar-refractivity contribution in [1.82, 2.24) is 0 Å². The number of carbonyl (C=O) groups is 4. The molecule has 0 aliphatic heterocycles. The zero-order valence-electron chi connectivity index (χ0n) is 26.2. The van der Waals surface area contributed by atoms with E-state index < -0.39 is 47.3 Å². The Morgan fingerprint density at radius 2 is 1.38 bits per heavy atom. The predicted octanol–water partition coefficient (Wildman–Crippen LogP) is 6.40. The van der Waals surface area contributed by atoms with Gasteiger partial charge >= 0.3 is 24.4 Å². The molecule has 1 aromatic rings. The van der Waals surface area contributed by atoms with E-state index in [9.17, 15) is 24.3 Å². The molecule has 0 heterocycles. The Morgan fingerprint density at radius 3 is 1.86 bits per heavy atom. The second-order valence-corrected chi connectivity index (χ2v) is 11.8. The quantitative estimate of drug-likeness (QED) is 0.130. The first-order valence-corrected chi connectivity index (χ1v) is 14.2. The van der Waals surface area contributed by atoms with Crippen LogP contribution in [-0.2, 0) is 30.2 Å². The van der Waals surface area contributed by atoms with Gasteiger partial charge in [0.05, 0.1) is 6.61 Å². The van der Waals surface area contributed by atoms with Crippen LogP contribution in [0.4, 0.5) is 14.4 Å². The van der Waals surface area contributed by atoms with Gasteiger partial charge in [-0.3, -0.25) is 4.79 Å². The average molecular weight is 598 g/mol. The Morgan fingerprint density at radius 1 is 0.857 bits per heavy atom. The molecule has 0 fully saturated rings. The number of hydrogen-bond acceptors (Lipinski definition) is 11. The van der Waals surface area contributed by atoms with Crippen LogP contribution < -0.4 is 15.2 Å². The summed E-state index contributed by atoms with van der Waals surface area (Å²) in [4.78, 5) is 49.3. The van der Waals surface area contributed by atoms with E-state index in [1.807, 2.05) is 27.7 Å². The standard InChI is InChI=1S/C30H47NO11/c1-10-19(4)18-37-25(34)38-20(5)16-30(31,24(32)33)17-21-13-14-22(39-26(35)41-28(6,7)11-2)23(15-21)40-27(36)42-29(8,9)12-3/h13-15,19-20H,10-12,16-18,31H2,1-9H3,(H,32,33)/t19?,20-,30?/m0/s1. The molecule has 0 saturated heterocycles. The summed E-state index contributed by atoms with van der Waals surface area (Å²) in [5.41, 5.74) is 3.09. The minimum Gasteiger partial charge on any atom is -0.480 e. The molecule has 2 unspecified atom stereocenters. The molecule has 3 atom stereocenters. The third kappa shape index (κ3) is 12.5. The zero-order valence-corrected chi connectivity index (χ0v) is 26.2. The van der Waals surface area contributed by atoms with Gasteiger partial charge in [0.15, 0.2) is 11.5 Å². The van der Waals surface area contributed by atoms with Crippen LogP contribution in [0.3, 0.4) is 0 Å². The van der Waals surface area contributed by atoms with E-state index in [2.05, 4.69) is 0 Å². The van der Waals surface area contributed by atoms with Crippen LogP contribution in [-0.4, -0.2) is 59.0 Å². The number of carboxylic acids is 1. The van der Waals surface area contributed by atoms with Crippen molar-refractivity contribution in [3.8, 4) is 11.5 Å². The van der Waals surface area contributed by atoms with Gasteiger partial charge in [0.25, 0.3) is 0 Å². The molecule has 238 valence electrons. The van der Waals surface area contributed by atoms with Crippen LogP contribution in [0.25, 0.3) is 0 Å². The number of carboxylic acid groups (broad SMARTS) is 1. The molecule has 0 spiro atoms. The summed E-state index contributed by atoms with van der Waals surface area (Å²) in [6.07, 6.45) is -2.55. The molecule has 3 N–H and O–H groups in total. The summed E-state index contributed by atoms with van der Waals surface area (Å²) in [6, 6.07) is 4.13. The summed E-state index contributed by atoms with van der Waals surface area (Å²) >= 11 is 0. The van der Waals surface area contributed by atoms with Crippen LogP contribution in [0, 0.1) is 5.92 Å². The largest absolute Gasteiger partial charge is 0.514 e. The minimum atomic E-state index is -1.88. The first-order valence-electron chi connectivity index (χ1n) is 14.2. The Bertz CT molecular complexity index is 1090. The molecule has 42 heavy (non-hydrogen) atoms. The van der Waals surface area contributed by atoms with E-state index in [0.717, 1.165) is 6.42 Å². The predicted molar refractivity (Wildman–Crippen MR) is 154 cm³/mol. The molecule has 1 rings (SSSR count). The highest BCUT2D eigenvalue weighted by Gasteiger charge is 2.37. The number of benzene rings is 1. The van der Waals surface area contributed by atoms with Crippen molar-refractivity contribution < 1.29 is 52.7 Å². The van der Waals surface area contributed by atoms with Crippen molar-refractivity contribution in [1.29, 1.82) is 0 Å². The number of aliphatic carboxylic acids is 1. The third-order valence-corrected chi connectivity index (χ3v) is 6.89. The molecule has 1 aromatic carbocycles. The third-order valence-electron chi connectivity index (χ3n) is 6.89. The monoisotopic (exact) mass is 597 g/mol. The van der Waals surface area contributed by atoms with Crippen molar-refractivity contribution in [2.75, 3.05) is 6.61 Å². The Balaban J connectivity index is 3.22. The van der Waals surface area contributed by atoms with Gasteiger partial charge in [0.2, 0.25) is 0 Å². The van der Waals surface area contributed by atoms with E-state index in [4.69, 9.17) is 34.2 Å². The summed E-state index contributed by atoms with van der Waals surface area (Å²) in [5, 5.41) is 9.97. The first-order chi connectivity index (χ1) is 19.3. The topological polar surface area (TPSA) is 170 Å². The highest BCUT2D eigenvalue weighted by molar-refractivity contribution is 5.79. The number of hydrogen-bond donors (Lipinski definition) is 2. The van der Waals surface area contributed by atoms with Crippen molar-refractivity contribution in [3.63, 3.8) is 0 Å². The van der Waals surface area contributed by atoms with Gasteiger partial charge in [-0.2, -0.15) is 0 Å². The Labute approximate surface area is 248 Å². The van der Waals surface area contributed by atoms with E-state index in [0.29, 0.717) is 18.4 Å². The maximum absolute atomic E-state index is 12.6. The summed E-state index contributed by atoms with van der Waals surface area (Å²) in [7, 11) is 0. The minimum absolute atomic E-state index is 0.147. The number of nitrogens with two attached hydrogens (primary N) is 1. The molecule has 0 saturated carbocycles. The lowest BCUT2D eigenvalue weighted by Crippen LogP contribution is -2.52. The maximum atomic E-state index is 12.6. The molecular weight excluding hydrogens is 550 g/mol.